The largest absolute Gasteiger partial charge is 0.394 e. The third-order valence-electron chi connectivity index (χ3n) is 4.11. The highest BCUT2D eigenvalue weighted by Crippen LogP contribution is 2.32. The molecule has 1 unspecified atom stereocenters. The number of halogens is 1. The second kappa shape index (κ2) is 5.85. The molecule has 2 heterocycles. The molecule has 1 aromatic heterocycles. The number of aryl methyl sites for hydroxylation is 1. The van der Waals surface area contributed by atoms with Crippen molar-refractivity contribution in [2.24, 2.45) is 4.99 Å². The molecule has 1 aliphatic heterocycles. The molecule has 4 rings (SSSR count). The molecule has 0 saturated heterocycles. The molecule has 120 valence electrons. The maximum Gasteiger partial charge on any atom is 0.164 e. The molecule has 2 aromatic carbocycles. The van der Waals surface area contributed by atoms with Gasteiger partial charge in [-0.25, -0.2) is 0 Å². The second-order valence-electron chi connectivity index (χ2n) is 5.64. The molecule has 6 heteroatoms. The predicted octanol–water partition coefficient (Wildman–Crippen LogP) is 3.11. The van der Waals surface area contributed by atoms with E-state index in [0.717, 1.165) is 28.4 Å². The van der Waals surface area contributed by atoms with Crippen molar-refractivity contribution >= 4 is 17.3 Å². The summed E-state index contributed by atoms with van der Waals surface area (Å²) in [6, 6.07) is 15.1. The molecular weight excluding hydrogens is 324 g/mol. The first-order chi connectivity index (χ1) is 11.7. The van der Waals surface area contributed by atoms with Crippen LogP contribution in [-0.2, 0) is 0 Å². The molecule has 0 fully saturated rings. The molecule has 3 aromatic rings. The van der Waals surface area contributed by atoms with Crippen molar-refractivity contribution in [3.05, 3.63) is 76.3 Å². The Hall–Kier alpha value is -2.50. The molecular formula is C18H15ClN4O. The number of rotatable bonds is 2. The van der Waals surface area contributed by atoms with Crippen LogP contribution in [0.4, 0.5) is 0 Å². The van der Waals surface area contributed by atoms with Crippen LogP contribution in [0.3, 0.4) is 0 Å². The SMILES string of the molecule is Cc1nnc2n1-c1ccc(Cl)cc1C(c1ccccc1)=NC2CO. The van der Waals surface area contributed by atoms with Crippen LogP contribution in [0.5, 0.6) is 0 Å². The maximum absolute atomic E-state index is 9.86. The van der Waals surface area contributed by atoms with Gasteiger partial charge in [0, 0.05) is 16.1 Å². The Kier molecular flexibility index (Phi) is 3.67. The first kappa shape index (κ1) is 15.1. The van der Waals surface area contributed by atoms with Crippen LogP contribution in [0.25, 0.3) is 5.69 Å². The summed E-state index contributed by atoms with van der Waals surface area (Å²) in [5.74, 6) is 1.38. The van der Waals surface area contributed by atoms with Gasteiger partial charge in [0.25, 0.3) is 0 Å². The third kappa shape index (κ3) is 2.33. The number of aliphatic imine (C=N–C) groups is 1. The molecule has 0 bridgehead atoms. The summed E-state index contributed by atoms with van der Waals surface area (Å²) in [7, 11) is 0. The Morgan fingerprint density at radius 1 is 1.12 bits per heavy atom. The summed E-state index contributed by atoms with van der Waals surface area (Å²) in [5, 5.41) is 18.9. The highest BCUT2D eigenvalue weighted by atomic mass is 35.5. The van der Waals surface area contributed by atoms with Gasteiger partial charge in [-0.1, -0.05) is 41.9 Å². The minimum absolute atomic E-state index is 0.143. The zero-order chi connectivity index (χ0) is 16.7. The fourth-order valence-electron chi connectivity index (χ4n) is 3.02. The molecule has 0 radical (unpaired) electrons. The van der Waals surface area contributed by atoms with E-state index in [9.17, 15) is 5.11 Å². The van der Waals surface area contributed by atoms with Crippen LogP contribution in [0.15, 0.2) is 53.5 Å². The molecule has 0 saturated carbocycles. The van der Waals surface area contributed by atoms with Crippen molar-refractivity contribution < 1.29 is 5.11 Å². The number of benzene rings is 2. The van der Waals surface area contributed by atoms with Crippen LogP contribution in [0.2, 0.25) is 5.02 Å². The zero-order valence-corrected chi connectivity index (χ0v) is 13.8. The van der Waals surface area contributed by atoms with E-state index in [1.54, 1.807) is 0 Å². The number of fused-ring (bicyclic) bond motifs is 3. The van der Waals surface area contributed by atoms with E-state index in [4.69, 9.17) is 16.6 Å². The number of aliphatic hydroxyl groups excluding tert-OH is 1. The highest BCUT2D eigenvalue weighted by molar-refractivity contribution is 6.31. The summed E-state index contributed by atoms with van der Waals surface area (Å²) in [4.78, 5) is 4.79. The number of aromatic nitrogens is 3. The van der Waals surface area contributed by atoms with Gasteiger partial charge in [-0.15, -0.1) is 10.2 Å². The van der Waals surface area contributed by atoms with E-state index in [-0.39, 0.29) is 6.61 Å². The Bertz CT molecular complexity index is 933. The van der Waals surface area contributed by atoms with Gasteiger partial charge in [-0.2, -0.15) is 0 Å². The molecule has 0 aliphatic carbocycles. The van der Waals surface area contributed by atoms with Crippen LogP contribution < -0.4 is 0 Å². The van der Waals surface area contributed by atoms with Gasteiger partial charge in [-0.05, 0) is 25.1 Å². The lowest BCUT2D eigenvalue weighted by molar-refractivity contribution is 0.263. The Balaban J connectivity index is 2.06. The average molecular weight is 339 g/mol. The molecule has 1 aliphatic rings. The quantitative estimate of drug-likeness (QED) is 0.781. The minimum Gasteiger partial charge on any atom is -0.394 e. The van der Waals surface area contributed by atoms with E-state index in [0.29, 0.717) is 10.8 Å². The van der Waals surface area contributed by atoms with Crippen molar-refractivity contribution in [1.29, 1.82) is 0 Å². The van der Waals surface area contributed by atoms with Gasteiger partial charge in [0.15, 0.2) is 5.82 Å². The first-order valence-corrected chi connectivity index (χ1v) is 8.03. The molecule has 1 N–H and O–H groups in total. The summed E-state index contributed by atoms with van der Waals surface area (Å²) in [6.07, 6.45) is 0. The van der Waals surface area contributed by atoms with E-state index in [1.807, 2.05) is 60.0 Å². The topological polar surface area (TPSA) is 63.3 Å². The summed E-state index contributed by atoms with van der Waals surface area (Å²) >= 11 is 6.25. The van der Waals surface area contributed by atoms with Gasteiger partial charge in [0.1, 0.15) is 11.9 Å². The fraction of sp³-hybridized carbons (Fsp3) is 0.167. The lowest BCUT2D eigenvalue weighted by Gasteiger charge is -2.12. The third-order valence-corrected chi connectivity index (χ3v) is 4.34. The average Bonchev–Trinajstić information content (AvgIpc) is 2.91. The van der Waals surface area contributed by atoms with Gasteiger partial charge >= 0.3 is 0 Å². The van der Waals surface area contributed by atoms with Crippen LogP contribution in [-0.4, -0.2) is 32.2 Å². The van der Waals surface area contributed by atoms with E-state index >= 15 is 0 Å². The Labute approximate surface area is 144 Å². The van der Waals surface area contributed by atoms with Crippen LogP contribution in [0, 0.1) is 6.92 Å². The van der Waals surface area contributed by atoms with Gasteiger partial charge in [-0.3, -0.25) is 9.56 Å². The first-order valence-electron chi connectivity index (χ1n) is 7.65. The van der Waals surface area contributed by atoms with Crippen molar-refractivity contribution in [3.63, 3.8) is 0 Å². The van der Waals surface area contributed by atoms with Crippen molar-refractivity contribution in [3.8, 4) is 5.69 Å². The van der Waals surface area contributed by atoms with E-state index in [1.165, 1.54) is 0 Å². The van der Waals surface area contributed by atoms with E-state index in [2.05, 4.69) is 10.2 Å². The number of hydrogen-bond acceptors (Lipinski definition) is 4. The van der Waals surface area contributed by atoms with Crippen LogP contribution >= 0.6 is 11.6 Å². The standard InChI is InChI=1S/C18H15ClN4O/c1-11-21-22-18-15(10-24)20-17(12-5-3-2-4-6-12)14-9-13(19)7-8-16(14)23(11)18/h2-9,15,24H,10H2,1H3. The monoisotopic (exact) mass is 338 g/mol. The number of nitrogens with zero attached hydrogens (tertiary/aromatic N) is 4. The number of aliphatic hydroxyl groups is 1. The van der Waals surface area contributed by atoms with Gasteiger partial charge in [0.2, 0.25) is 0 Å². The smallest absolute Gasteiger partial charge is 0.164 e. The van der Waals surface area contributed by atoms with Crippen molar-refractivity contribution in [2.45, 2.75) is 13.0 Å². The van der Waals surface area contributed by atoms with Crippen LogP contribution in [0.1, 0.15) is 28.8 Å². The summed E-state index contributed by atoms with van der Waals surface area (Å²) < 4.78 is 1.94. The molecule has 5 nitrogen and oxygen atoms in total. The highest BCUT2D eigenvalue weighted by Gasteiger charge is 2.27. The fourth-order valence-corrected chi connectivity index (χ4v) is 3.19. The van der Waals surface area contributed by atoms with Crippen molar-refractivity contribution in [2.75, 3.05) is 6.61 Å². The molecule has 0 spiro atoms. The Morgan fingerprint density at radius 3 is 2.67 bits per heavy atom. The lowest BCUT2D eigenvalue weighted by atomic mass is 10.0. The van der Waals surface area contributed by atoms with Crippen molar-refractivity contribution in [1.82, 2.24) is 14.8 Å². The van der Waals surface area contributed by atoms with Gasteiger partial charge in [0.05, 0.1) is 18.0 Å². The normalized spacial score (nSPS) is 16.1. The maximum atomic E-state index is 9.86. The summed E-state index contributed by atoms with van der Waals surface area (Å²) in [6.45, 7) is 1.74. The molecule has 0 amide bonds. The zero-order valence-electron chi connectivity index (χ0n) is 13.0. The minimum atomic E-state index is -0.479. The second-order valence-corrected chi connectivity index (χ2v) is 6.08. The predicted molar refractivity (Wildman–Crippen MR) is 93.0 cm³/mol. The van der Waals surface area contributed by atoms with Gasteiger partial charge < -0.3 is 5.11 Å². The van der Waals surface area contributed by atoms with E-state index < -0.39 is 6.04 Å². The lowest BCUT2D eigenvalue weighted by Crippen LogP contribution is -2.09. The Morgan fingerprint density at radius 2 is 1.92 bits per heavy atom. The summed E-state index contributed by atoms with van der Waals surface area (Å²) in [5.41, 5.74) is 3.57. The number of hydrogen-bond donors (Lipinski definition) is 1. The molecule has 1 atom stereocenters. The molecule has 24 heavy (non-hydrogen) atoms.